The first-order valence-corrected chi connectivity index (χ1v) is 40.2. The first-order chi connectivity index (χ1) is 57.5. The number of amides is 5. The van der Waals surface area contributed by atoms with Crippen LogP contribution in [0.3, 0.4) is 0 Å². The summed E-state index contributed by atoms with van der Waals surface area (Å²) >= 11 is 2.27. The van der Waals surface area contributed by atoms with Crippen LogP contribution in [0.1, 0.15) is 113 Å². The summed E-state index contributed by atoms with van der Waals surface area (Å²) in [4.78, 5) is 89.9. The quantitative estimate of drug-likeness (QED) is 0.00459. The van der Waals surface area contributed by atoms with Crippen LogP contribution in [0.2, 0.25) is 0 Å². The van der Waals surface area contributed by atoms with Crippen molar-refractivity contribution < 1.29 is 105 Å². The number of aliphatic imine (C=N–C) groups is 2. The number of carbonyl (C=O) groups excluding carboxylic acids is 6. The fourth-order valence-corrected chi connectivity index (χ4v) is 14.9. The van der Waals surface area contributed by atoms with E-state index in [1.54, 1.807) is 56.3 Å². The van der Waals surface area contributed by atoms with Gasteiger partial charge in [0.05, 0.1) is 150 Å². The molecule has 656 valence electrons. The largest absolute Gasteiger partial charge is 0.497 e. The van der Waals surface area contributed by atoms with Crippen LogP contribution in [0.25, 0.3) is 0 Å². The SMILES string of the molecule is C.C.CC(C)(C)OC(=O)NN.CCN=C=NCCCN(C)C.COc1ccc(N2C[C@@H]3C(=N2)c2cc4c(cc2[C@@H](c2cc(OC)c(OC)c(OC)c2)[C@H]3C(=O)NCCOCCC(=O)ON2C(=O)CCC2=O)OCO4)cc1.COc1ccc(N2C[C@@H]3C(=N2)c2cc4c(cc2[C@@H](c2cc(OC)c(OC)c(OC)c2)[C@H]3C(=O)NCCOCCI)OCO4)cc1. The first kappa shape index (κ1) is 95.1. The summed E-state index contributed by atoms with van der Waals surface area (Å²) in [6.45, 7) is 12.7. The third-order valence-corrected chi connectivity index (χ3v) is 20.3. The van der Waals surface area contributed by atoms with E-state index in [4.69, 9.17) is 91.9 Å². The Bertz CT molecular complexity index is 4610. The second-order valence-corrected chi connectivity index (χ2v) is 29.9. The van der Waals surface area contributed by atoms with E-state index < -0.39 is 53.1 Å². The Morgan fingerprint density at radius 2 is 1.01 bits per heavy atom. The molecule has 35 heteroatoms. The van der Waals surface area contributed by atoms with Gasteiger partial charge in [0.1, 0.15) is 17.1 Å². The summed E-state index contributed by atoms with van der Waals surface area (Å²) in [5.74, 6) is 6.40. The molecular formula is C86H113IN12O22. The number of hydrazone groups is 2. The Labute approximate surface area is 719 Å². The summed E-state index contributed by atoms with van der Waals surface area (Å²) in [7, 11) is 16.7. The maximum atomic E-state index is 14.6. The van der Waals surface area contributed by atoms with Crippen LogP contribution in [-0.2, 0) is 43.0 Å². The normalized spacial score (nSPS) is 17.6. The number of fused-ring (bicyclic) bond motifs is 8. The van der Waals surface area contributed by atoms with Gasteiger partial charge in [-0.1, -0.05) is 37.4 Å². The number of nitrogens with zero attached hydrogens (tertiary/aromatic N) is 8. The van der Waals surface area contributed by atoms with Crippen molar-refractivity contribution in [1.29, 1.82) is 0 Å². The molecule has 5 aliphatic heterocycles. The van der Waals surface area contributed by atoms with E-state index in [1.807, 2.05) is 119 Å². The second kappa shape index (κ2) is 45.3. The van der Waals surface area contributed by atoms with Gasteiger partial charge in [0.2, 0.25) is 36.9 Å². The molecule has 121 heavy (non-hydrogen) atoms. The van der Waals surface area contributed by atoms with Crippen LogP contribution in [-0.4, -0.2) is 230 Å². The van der Waals surface area contributed by atoms with Crippen molar-refractivity contribution in [2.24, 2.45) is 49.7 Å². The molecule has 5 heterocycles. The molecule has 5 amide bonds. The van der Waals surface area contributed by atoms with Crippen molar-refractivity contribution in [3.05, 3.63) is 130 Å². The zero-order valence-electron chi connectivity index (χ0n) is 69.4. The number of methoxy groups -OCH3 is 8. The molecule has 0 spiro atoms. The maximum Gasteiger partial charge on any atom is 0.421 e. The van der Waals surface area contributed by atoms with Gasteiger partial charge in [0.25, 0.3) is 11.8 Å². The summed E-state index contributed by atoms with van der Waals surface area (Å²) in [5, 5.41) is 20.7. The van der Waals surface area contributed by atoms with Crippen LogP contribution in [0.15, 0.2) is 117 Å². The highest BCUT2D eigenvalue weighted by atomic mass is 127. The van der Waals surface area contributed by atoms with Gasteiger partial charge in [-0.2, -0.15) is 10.2 Å². The molecule has 0 unspecified atom stereocenters. The van der Waals surface area contributed by atoms with Crippen molar-refractivity contribution in [3.63, 3.8) is 0 Å². The zero-order chi connectivity index (χ0) is 85.5. The number of alkyl halides is 1. The lowest BCUT2D eigenvalue weighted by atomic mass is 9.65. The number of rotatable bonds is 31. The Morgan fingerprint density at radius 3 is 1.37 bits per heavy atom. The predicted molar refractivity (Wildman–Crippen MR) is 463 cm³/mol. The monoisotopic (exact) mass is 1790 g/mol. The maximum absolute atomic E-state index is 14.6. The standard InChI is InChI=1S/C38H40N4O12.C33H36IN3O8.C8H17N3.C5H12N2O2.2CH4/c1-47-23-7-5-22(6-8-23)41-19-26-35(38(46)39-12-14-51-13-11-33(45)54-42-31(43)9-10-32(42)44)34(21-15-29(48-2)37(50-4)30(16-21)49-3)24-17-27-28(53-20-52-27)18-25(24)36(26)40-41;1-39-21-7-5-20(6-8-21)37-17-24-30(33(38)35-10-12-43-11-9-34)29(19-13-27(40-2)32(42-4)28(14-19)41-3)22-15-25-26(45-18-44-25)16-23(22)31(24)36-37;1-4-9-8-10-6-5-7-11(2)3;1-5(2,3)9-4(8)7-6;;/h5-8,15-18,26,34-35H,9-14,19-20H2,1-4H3,(H,39,46);5-8,13-16,24,29-30H,9-12,17-18H2,1-4H3,(H,35,38);4-7H2,1-3H3;6H2,1-3H3,(H,7,8);2*1H4/t26-,34+,35-;24-,29+,30-;;;;/m00..../s1. The van der Waals surface area contributed by atoms with Gasteiger partial charge in [-0.3, -0.25) is 34.6 Å². The third-order valence-electron chi connectivity index (χ3n) is 19.9. The highest BCUT2D eigenvalue weighted by Gasteiger charge is 2.52. The number of hydrogen-bond acceptors (Lipinski definition) is 30. The van der Waals surface area contributed by atoms with Crippen molar-refractivity contribution >= 4 is 87.1 Å². The Hall–Kier alpha value is -11.4. The minimum Gasteiger partial charge on any atom is -0.497 e. The molecule has 0 bridgehead atoms. The van der Waals surface area contributed by atoms with Crippen molar-refractivity contribution in [2.45, 2.75) is 85.7 Å². The highest BCUT2D eigenvalue weighted by molar-refractivity contribution is 14.1. The van der Waals surface area contributed by atoms with Crippen LogP contribution >= 0.6 is 22.6 Å². The van der Waals surface area contributed by atoms with E-state index in [9.17, 15) is 28.8 Å². The number of benzene rings is 6. The number of halogens is 1. The molecular weight excluding hydrogens is 1680 g/mol. The average Bonchev–Trinajstić information content (AvgIpc) is 1.66. The number of ether oxygens (including phenoxy) is 15. The Balaban J connectivity index is 0.000000244. The van der Waals surface area contributed by atoms with Crippen LogP contribution in [0, 0.1) is 23.7 Å². The molecule has 1 saturated heterocycles. The summed E-state index contributed by atoms with van der Waals surface area (Å²) in [5.41, 5.74) is 9.71. The van der Waals surface area contributed by atoms with Crippen molar-refractivity contribution in [3.8, 4) is 69.0 Å². The number of hydroxylamine groups is 2. The summed E-state index contributed by atoms with van der Waals surface area (Å²) in [6, 6.07) is 33.3. The number of anilines is 2. The number of nitrogens with two attached hydrogens (primary N) is 1. The van der Waals surface area contributed by atoms with E-state index in [1.165, 1.54) is 21.3 Å². The van der Waals surface area contributed by atoms with Gasteiger partial charge in [0.15, 0.2) is 46.0 Å². The van der Waals surface area contributed by atoms with E-state index in [0.717, 1.165) is 92.4 Å². The molecule has 7 aliphatic rings. The van der Waals surface area contributed by atoms with Crippen molar-refractivity contribution in [1.82, 2.24) is 26.0 Å². The van der Waals surface area contributed by atoms with Gasteiger partial charge < -0.3 is 91.4 Å². The minimum absolute atomic E-state index is 0. The molecule has 34 nitrogen and oxygen atoms in total. The van der Waals surface area contributed by atoms with Gasteiger partial charge in [-0.05, 0) is 174 Å². The highest BCUT2D eigenvalue weighted by Crippen LogP contribution is 2.55. The van der Waals surface area contributed by atoms with E-state index >= 15 is 0 Å². The molecule has 0 saturated carbocycles. The predicted octanol–water partition coefficient (Wildman–Crippen LogP) is 10.6. The number of hydrogen-bond donors (Lipinski definition) is 4. The molecule has 6 atom stereocenters. The molecule has 2 aliphatic carbocycles. The summed E-state index contributed by atoms with van der Waals surface area (Å²) < 4.78 is 85.1. The van der Waals surface area contributed by atoms with E-state index in [0.29, 0.717) is 101 Å². The third kappa shape index (κ3) is 23.6. The Kier molecular flexibility index (Phi) is 35.6. The van der Waals surface area contributed by atoms with Crippen LogP contribution < -0.4 is 88.8 Å². The van der Waals surface area contributed by atoms with Crippen LogP contribution in [0.5, 0.6) is 69.0 Å². The van der Waals surface area contributed by atoms with Gasteiger partial charge in [0, 0.05) is 71.7 Å². The first-order valence-electron chi connectivity index (χ1n) is 38.7. The molecule has 0 radical (unpaired) electrons. The molecule has 13 rings (SSSR count). The second-order valence-electron chi connectivity index (χ2n) is 28.8. The average molecular weight is 1790 g/mol. The smallest absolute Gasteiger partial charge is 0.421 e. The Morgan fingerprint density at radius 1 is 0.587 bits per heavy atom. The van der Waals surface area contributed by atoms with E-state index in [2.05, 4.69) is 68.2 Å². The summed E-state index contributed by atoms with van der Waals surface area (Å²) in [6.07, 6.45) is 0.301. The minimum atomic E-state index is -0.771. The zero-order valence-corrected chi connectivity index (χ0v) is 71.6. The lowest BCUT2D eigenvalue weighted by Crippen LogP contribution is -2.46. The van der Waals surface area contributed by atoms with E-state index in [-0.39, 0.29) is 91.1 Å². The van der Waals surface area contributed by atoms with Crippen LogP contribution in [0.4, 0.5) is 16.2 Å². The lowest BCUT2D eigenvalue weighted by Gasteiger charge is -2.38. The molecule has 6 aromatic carbocycles. The molecule has 5 N–H and O–H groups in total. The van der Waals surface area contributed by atoms with Gasteiger partial charge >= 0.3 is 12.1 Å². The van der Waals surface area contributed by atoms with Crippen molar-refractivity contribution in [2.75, 3.05) is 171 Å². The number of nitrogens with one attached hydrogen (secondary N) is 3. The molecule has 0 aromatic heterocycles. The molecule has 1 fully saturated rings. The van der Waals surface area contributed by atoms with Gasteiger partial charge in [-0.25, -0.2) is 25.4 Å². The number of carbonyl (C=O) groups is 6. The van der Waals surface area contributed by atoms with Gasteiger partial charge in [-0.15, -0.1) is 5.06 Å². The fraction of sp³-hybridized carbons (Fsp3) is 0.477. The topological polar surface area (TPSA) is 375 Å². The fourth-order valence-electron chi connectivity index (χ4n) is 14.6. The number of hydrazine groups is 1. The number of imide groups is 1. The molecule has 6 aromatic rings. The lowest BCUT2D eigenvalue weighted by molar-refractivity contribution is -0.198.